The summed E-state index contributed by atoms with van der Waals surface area (Å²) < 4.78 is 58.9. The Labute approximate surface area is 202 Å². The van der Waals surface area contributed by atoms with E-state index in [1.807, 2.05) is 6.92 Å². The SMILES string of the molecule is CCCCN(C(=N)SC(=N)c1ccc(OCC=O)c(C(F)(F)F)c1)C(=O)c1cccc(F)c1Cl. The molecular formula is C22H20ClF4N3O3S. The van der Waals surface area contributed by atoms with Gasteiger partial charge in [-0.3, -0.25) is 25.3 Å². The number of nitrogens with zero attached hydrogens (tertiary/aromatic N) is 1. The lowest BCUT2D eigenvalue weighted by molar-refractivity contribution is -0.139. The van der Waals surface area contributed by atoms with Crippen molar-refractivity contribution in [3.63, 3.8) is 0 Å². The maximum absolute atomic E-state index is 13.8. The van der Waals surface area contributed by atoms with Gasteiger partial charge in [0.25, 0.3) is 5.91 Å². The Kier molecular flexibility index (Phi) is 9.63. The molecule has 2 rings (SSSR count). The lowest BCUT2D eigenvalue weighted by Gasteiger charge is -2.23. The van der Waals surface area contributed by atoms with Gasteiger partial charge in [0.15, 0.2) is 11.5 Å². The second-order valence-corrected chi connectivity index (χ2v) is 8.21. The van der Waals surface area contributed by atoms with Gasteiger partial charge in [-0.15, -0.1) is 0 Å². The summed E-state index contributed by atoms with van der Waals surface area (Å²) in [7, 11) is 0. The topological polar surface area (TPSA) is 94.3 Å². The molecule has 0 aliphatic heterocycles. The zero-order valence-corrected chi connectivity index (χ0v) is 19.4. The second kappa shape index (κ2) is 12.0. The van der Waals surface area contributed by atoms with Crippen LogP contribution >= 0.6 is 23.4 Å². The molecule has 0 atom stereocenters. The Hall–Kier alpha value is -2.92. The molecule has 0 unspecified atom stereocenters. The molecule has 12 heteroatoms. The van der Waals surface area contributed by atoms with E-state index in [0.717, 1.165) is 17.0 Å². The van der Waals surface area contributed by atoms with Crippen molar-refractivity contribution in [2.75, 3.05) is 13.2 Å². The molecule has 2 aromatic rings. The Morgan fingerprint density at radius 2 is 1.94 bits per heavy atom. The minimum absolute atomic E-state index is 0.0631. The maximum atomic E-state index is 13.8. The van der Waals surface area contributed by atoms with Gasteiger partial charge < -0.3 is 4.74 Å². The fraction of sp³-hybridized carbons (Fsp3) is 0.273. The number of carbonyl (C=O) groups is 2. The predicted octanol–water partition coefficient (Wildman–Crippen LogP) is 6.01. The standard InChI is InChI=1S/C22H20ClF4N3O3S/c1-2-3-9-30(20(32)14-5-4-6-16(24)18(14)23)21(29)34-19(28)13-7-8-17(33-11-10-31)15(12-13)22(25,26)27/h4-8,10,12,28-29H,2-3,9,11H2,1H3. The molecule has 0 aliphatic rings. The maximum Gasteiger partial charge on any atom is 0.419 e. The van der Waals surface area contributed by atoms with Crippen molar-refractivity contribution < 1.29 is 31.9 Å². The van der Waals surface area contributed by atoms with E-state index in [1.165, 1.54) is 18.2 Å². The van der Waals surface area contributed by atoms with E-state index in [0.29, 0.717) is 37.0 Å². The van der Waals surface area contributed by atoms with Crippen LogP contribution in [0.25, 0.3) is 0 Å². The number of amides is 1. The molecular weight excluding hydrogens is 498 g/mol. The summed E-state index contributed by atoms with van der Waals surface area (Å²) in [5.74, 6) is -2.15. The van der Waals surface area contributed by atoms with E-state index in [4.69, 9.17) is 27.2 Å². The highest BCUT2D eigenvalue weighted by Crippen LogP contribution is 2.37. The van der Waals surface area contributed by atoms with Gasteiger partial charge in [-0.25, -0.2) is 4.39 Å². The molecule has 0 fully saturated rings. The molecule has 0 aliphatic carbocycles. The molecule has 0 aromatic heterocycles. The van der Waals surface area contributed by atoms with Crippen molar-refractivity contribution in [3.8, 4) is 5.75 Å². The Morgan fingerprint density at radius 1 is 1.24 bits per heavy atom. The fourth-order valence-electron chi connectivity index (χ4n) is 2.78. The molecule has 0 saturated carbocycles. The summed E-state index contributed by atoms with van der Waals surface area (Å²) in [5, 5.41) is 15.2. The van der Waals surface area contributed by atoms with Gasteiger partial charge in [0.1, 0.15) is 23.2 Å². The number of halogens is 5. The van der Waals surface area contributed by atoms with E-state index in [-0.39, 0.29) is 17.7 Å². The third-order valence-corrected chi connectivity index (χ3v) is 5.70. The minimum atomic E-state index is -4.82. The summed E-state index contributed by atoms with van der Waals surface area (Å²) in [6, 6.07) is 6.49. The summed E-state index contributed by atoms with van der Waals surface area (Å²) >= 11 is 6.36. The molecule has 6 nitrogen and oxygen atoms in total. The third-order valence-electron chi connectivity index (χ3n) is 4.46. The van der Waals surface area contributed by atoms with E-state index < -0.39 is 51.1 Å². The van der Waals surface area contributed by atoms with Crippen LogP contribution in [-0.4, -0.2) is 40.5 Å². The number of amidine groups is 1. The number of benzene rings is 2. The van der Waals surface area contributed by atoms with Crippen molar-refractivity contribution in [2.45, 2.75) is 25.9 Å². The molecule has 2 aromatic carbocycles. The molecule has 2 N–H and O–H groups in total. The van der Waals surface area contributed by atoms with Gasteiger partial charge in [0.05, 0.1) is 16.1 Å². The first-order chi connectivity index (χ1) is 16.0. The van der Waals surface area contributed by atoms with Gasteiger partial charge in [-0.05, 0) is 48.5 Å². The van der Waals surface area contributed by atoms with Crippen LogP contribution in [-0.2, 0) is 11.0 Å². The second-order valence-electron chi connectivity index (χ2n) is 6.83. The normalized spacial score (nSPS) is 11.1. The number of alkyl halides is 3. The first kappa shape index (κ1) is 27.3. The lowest BCUT2D eigenvalue weighted by atomic mass is 10.1. The van der Waals surface area contributed by atoms with Crippen LogP contribution in [0.3, 0.4) is 0 Å². The molecule has 1 amide bonds. The van der Waals surface area contributed by atoms with Crippen LogP contribution in [0.5, 0.6) is 5.75 Å². The Bertz CT molecular complexity index is 1100. The van der Waals surface area contributed by atoms with Gasteiger partial charge >= 0.3 is 6.18 Å². The van der Waals surface area contributed by atoms with E-state index in [2.05, 4.69) is 0 Å². The molecule has 0 bridgehead atoms. The predicted molar refractivity (Wildman–Crippen MR) is 123 cm³/mol. The quantitative estimate of drug-likeness (QED) is 0.194. The average molecular weight is 518 g/mol. The smallest absolute Gasteiger partial charge is 0.419 e. The molecule has 0 heterocycles. The number of ether oxygens (including phenoxy) is 1. The van der Waals surface area contributed by atoms with Crippen LogP contribution in [0.1, 0.15) is 41.3 Å². The number of hydrogen-bond donors (Lipinski definition) is 2. The van der Waals surface area contributed by atoms with E-state index in [9.17, 15) is 27.2 Å². The molecule has 182 valence electrons. The highest BCUT2D eigenvalue weighted by Gasteiger charge is 2.35. The first-order valence-electron chi connectivity index (χ1n) is 9.90. The molecule has 0 radical (unpaired) electrons. The summed E-state index contributed by atoms with van der Waals surface area (Å²) in [6.45, 7) is 1.34. The number of thioether (sulfide) groups is 1. The number of carbonyl (C=O) groups excluding carboxylic acids is 2. The number of hydrogen-bond acceptors (Lipinski definition) is 6. The van der Waals surface area contributed by atoms with Crippen LogP contribution in [0.15, 0.2) is 36.4 Å². The van der Waals surface area contributed by atoms with Gasteiger partial charge in [0.2, 0.25) is 0 Å². The van der Waals surface area contributed by atoms with Gasteiger partial charge in [0, 0.05) is 12.1 Å². The van der Waals surface area contributed by atoms with Crippen molar-refractivity contribution in [1.29, 1.82) is 10.8 Å². The lowest BCUT2D eigenvalue weighted by Crippen LogP contribution is -2.36. The van der Waals surface area contributed by atoms with Crippen molar-refractivity contribution >= 4 is 45.8 Å². The molecule has 34 heavy (non-hydrogen) atoms. The Balaban J connectivity index is 2.31. The fourth-order valence-corrected chi connectivity index (χ4v) is 3.71. The van der Waals surface area contributed by atoms with Gasteiger partial charge in [-0.1, -0.05) is 31.0 Å². The molecule has 0 saturated heterocycles. The summed E-state index contributed by atoms with van der Waals surface area (Å²) in [5.41, 5.74) is -1.54. The van der Waals surface area contributed by atoms with Crippen LogP contribution in [0.4, 0.5) is 17.6 Å². The number of nitrogens with one attached hydrogen (secondary N) is 2. The highest BCUT2D eigenvalue weighted by molar-refractivity contribution is 8.26. The van der Waals surface area contributed by atoms with Crippen molar-refractivity contribution in [1.82, 2.24) is 4.90 Å². The third kappa shape index (κ3) is 6.80. The largest absolute Gasteiger partial charge is 0.486 e. The zero-order valence-electron chi connectivity index (χ0n) is 17.8. The summed E-state index contributed by atoms with van der Waals surface area (Å²) in [4.78, 5) is 24.4. The van der Waals surface area contributed by atoms with Crippen LogP contribution < -0.4 is 4.74 Å². The van der Waals surface area contributed by atoms with Crippen molar-refractivity contribution in [2.24, 2.45) is 0 Å². The van der Waals surface area contributed by atoms with Gasteiger partial charge in [-0.2, -0.15) is 13.2 Å². The Morgan fingerprint density at radius 3 is 2.56 bits per heavy atom. The highest BCUT2D eigenvalue weighted by atomic mass is 35.5. The zero-order chi connectivity index (χ0) is 25.5. The minimum Gasteiger partial charge on any atom is -0.486 e. The molecule has 0 spiro atoms. The van der Waals surface area contributed by atoms with E-state index >= 15 is 0 Å². The van der Waals surface area contributed by atoms with Crippen molar-refractivity contribution in [3.05, 3.63) is 63.9 Å². The van der Waals surface area contributed by atoms with Crippen LogP contribution in [0, 0.1) is 16.6 Å². The first-order valence-corrected chi connectivity index (χ1v) is 11.1. The summed E-state index contributed by atoms with van der Waals surface area (Å²) in [6.07, 6.45) is -3.37. The number of aldehydes is 1. The number of unbranched alkanes of at least 4 members (excludes halogenated alkanes) is 1. The van der Waals surface area contributed by atoms with E-state index in [1.54, 1.807) is 0 Å². The monoisotopic (exact) mass is 517 g/mol. The average Bonchev–Trinajstić information content (AvgIpc) is 2.78. The number of rotatable bonds is 8. The van der Waals surface area contributed by atoms with Crippen LogP contribution in [0.2, 0.25) is 5.02 Å².